The first-order chi connectivity index (χ1) is 9.51. The van der Waals surface area contributed by atoms with Gasteiger partial charge in [-0.1, -0.05) is 15.9 Å². The fourth-order valence-electron chi connectivity index (χ4n) is 1.65. The number of nitrogens with one attached hydrogen (secondary N) is 1. The zero-order valence-corrected chi connectivity index (χ0v) is 13.1. The molecule has 0 fully saturated rings. The third kappa shape index (κ3) is 3.38. The molecule has 0 unspecified atom stereocenters. The van der Waals surface area contributed by atoms with E-state index in [1.165, 1.54) is 16.4 Å². The van der Waals surface area contributed by atoms with Gasteiger partial charge in [0.2, 0.25) is 0 Å². The number of H-pyrrole nitrogens is 1. The van der Waals surface area contributed by atoms with Crippen LogP contribution in [0.4, 0.5) is 0 Å². The molecular formula is C12H13BrN4O2S. The number of nitrogens with zero attached hydrogens (tertiary/aromatic N) is 2. The molecular weight excluding hydrogens is 344 g/mol. The van der Waals surface area contributed by atoms with Crippen molar-refractivity contribution in [3.05, 3.63) is 48.9 Å². The largest absolute Gasteiger partial charge is 0.339 e. The SMILES string of the molecule is Cn1[nH]c(=O)c(=O)nc1Sc1ccc(Br)cc1CCN. The van der Waals surface area contributed by atoms with Crippen molar-refractivity contribution in [1.82, 2.24) is 14.8 Å². The van der Waals surface area contributed by atoms with Crippen molar-refractivity contribution in [3.63, 3.8) is 0 Å². The van der Waals surface area contributed by atoms with Gasteiger partial charge in [0.05, 0.1) is 0 Å². The second-order valence-electron chi connectivity index (χ2n) is 4.09. The van der Waals surface area contributed by atoms with Gasteiger partial charge in [0.15, 0.2) is 5.16 Å². The summed E-state index contributed by atoms with van der Waals surface area (Å²) in [5.41, 5.74) is 5.15. The lowest BCUT2D eigenvalue weighted by Crippen LogP contribution is -2.33. The lowest BCUT2D eigenvalue weighted by molar-refractivity contribution is 0.596. The summed E-state index contributed by atoms with van der Waals surface area (Å²) < 4.78 is 2.40. The standard InChI is InChI=1S/C12H13BrN4O2S/c1-17-12(15-10(18)11(19)16-17)20-9-3-2-8(13)6-7(9)4-5-14/h2-3,6H,4-5,14H2,1H3,(H,16,19). The fraction of sp³-hybridized carbons (Fsp3) is 0.250. The highest BCUT2D eigenvalue weighted by atomic mass is 79.9. The maximum atomic E-state index is 11.3. The minimum atomic E-state index is -0.789. The second kappa shape index (κ2) is 6.38. The summed E-state index contributed by atoms with van der Waals surface area (Å²) in [6.07, 6.45) is 0.721. The number of halogens is 1. The van der Waals surface area contributed by atoms with Crippen LogP contribution in [0.3, 0.4) is 0 Å². The molecule has 0 atom stereocenters. The van der Waals surface area contributed by atoms with Gasteiger partial charge in [-0.3, -0.25) is 19.4 Å². The fourth-order valence-corrected chi connectivity index (χ4v) is 2.99. The van der Waals surface area contributed by atoms with Crippen LogP contribution in [-0.2, 0) is 13.5 Å². The molecule has 0 saturated carbocycles. The molecule has 1 aromatic heterocycles. The van der Waals surface area contributed by atoms with Crippen LogP contribution in [0, 0.1) is 0 Å². The Kier molecular flexibility index (Phi) is 4.79. The molecule has 6 nitrogen and oxygen atoms in total. The first kappa shape index (κ1) is 15.0. The van der Waals surface area contributed by atoms with E-state index in [2.05, 4.69) is 26.0 Å². The Morgan fingerprint density at radius 1 is 1.45 bits per heavy atom. The third-order valence-electron chi connectivity index (χ3n) is 2.59. The smallest absolute Gasteiger partial charge is 0.330 e. The first-order valence-electron chi connectivity index (χ1n) is 5.85. The maximum Gasteiger partial charge on any atom is 0.339 e. The lowest BCUT2D eigenvalue weighted by atomic mass is 10.1. The highest BCUT2D eigenvalue weighted by molar-refractivity contribution is 9.10. The maximum absolute atomic E-state index is 11.3. The van der Waals surface area contributed by atoms with Crippen molar-refractivity contribution in [2.75, 3.05) is 6.54 Å². The topological polar surface area (TPSA) is 93.8 Å². The Balaban J connectivity index is 2.42. The highest BCUT2D eigenvalue weighted by Gasteiger charge is 2.10. The molecule has 0 aliphatic carbocycles. The summed E-state index contributed by atoms with van der Waals surface area (Å²) in [4.78, 5) is 27.2. The number of rotatable bonds is 4. The molecule has 0 amide bonds. The minimum absolute atomic E-state index is 0.426. The monoisotopic (exact) mass is 356 g/mol. The van der Waals surface area contributed by atoms with Crippen LogP contribution in [0.1, 0.15) is 5.56 Å². The molecule has 2 aromatic rings. The van der Waals surface area contributed by atoms with Crippen LogP contribution in [0.5, 0.6) is 0 Å². The van der Waals surface area contributed by atoms with Crippen LogP contribution < -0.4 is 16.9 Å². The predicted octanol–water partition coefficient (Wildman–Crippen LogP) is 0.883. The van der Waals surface area contributed by atoms with Gasteiger partial charge in [-0.2, -0.15) is 4.98 Å². The zero-order chi connectivity index (χ0) is 14.7. The number of aryl methyl sites for hydroxylation is 1. The molecule has 3 N–H and O–H groups in total. The van der Waals surface area contributed by atoms with Crippen molar-refractivity contribution >= 4 is 27.7 Å². The summed E-state index contributed by atoms with van der Waals surface area (Å²) >= 11 is 4.74. The normalized spacial score (nSPS) is 10.8. The van der Waals surface area contributed by atoms with Crippen molar-refractivity contribution in [1.29, 1.82) is 0 Å². The predicted molar refractivity (Wildman–Crippen MR) is 81.1 cm³/mol. The molecule has 0 spiro atoms. The average Bonchev–Trinajstić information content (AvgIpc) is 2.39. The number of nitrogens with two attached hydrogens (primary N) is 1. The van der Waals surface area contributed by atoms with E-state index in [1.54, 1.807) is 7.05 Å². The number of aromatic nitrogens is 3. The molecule has 0 radical (unpaired) electrons. The van der Waals surface area contributed by atoms with Gasteiger partial charge in [0.25, 0.3) is 0 Å². The quantitative estimate of drug-likeness (QED) is 0.793. The van der Waals surface area contributed by atoms with Crippen LogP contribution in [-0.4, -0.2) is 21.3 Å². The third-order valence-corrected chi connectivity index (χ3v) is 4.24. The summed E-state index contributed by atoms with van der Waals surface area (Å²) in [6.45, 7) is 0.530. The molecule has 8 heteroatoms. The number of aromatic amines is 1. The summed E-state index contributed by atoms with van der Waals surface area (Å²) in [5.74, 6) is 0. The van der Waals surface area contributed by atoms with Gasteiger partial charge in [-0.25, -0.2) is 0 Å². The minimum Gasteiger partial charge on any atom is -0.330 e. The van der Waals surface area contributed by atoms with E-state index in [4.69, 9.17) is 5.73 Å². The first-order valence-corrected chi connectivity index (χ1v) is 7.46. The molecule has 0 aliphatic rings. The summed E-state index contributed by atoms with van der Waals surface area (Å²) in [7, 11) is 1.64. The summed E-state index contributed by atoms with van der Waals surface area (Å²) in [5, 5.41) is 2.85. The van der Waals surface area contributed by atoms with Crippen LogP contribution in [0.15, 0.2) is 42.3 Å². The van der Waals surface area contributed by atoms with Crippen LogP contribution >= 0.6 is 27.7 Å². The van der Waals surface area contributed by atoms with Gasteiger partial charge in [0.1, 0.15) is 0 Å². The Bertz CT molecular complexity index is 741. The van der Waals surface area contributed by atoms with Crippen molar-refractivity contribution in [2.45, 2.75) is 16.5 Å². The number of hydrogen-bond acceptors (Lipinski definition) is 5. The van der Waals surface area contributed by atoms with Gasteiger partial charge in [0, 0.05) is 16.4 Å². The highest BCUT2D eigenvalue weighted by Crippen LogP contribution is 2.30. The molecule has 0 aliphatic heterocycles. The Morgan fingerprint density at radius 3 is 2.90 bits per heavy atom. The Morgan fingerprint density at radius 2 is 2.20 bits per heavy atom. The molecule has 0 saturated heterocycles. The Labute approximate surface area is 127 Å². The Hall–Kier alpha value is -1.38. The molecule has 0 bridgehead atoms. The van der Waals surface area contributed by atoms with Crippen LogP contribution in [0.25, 0.3) is 0 Å². The van der Waals surface area contributed by atoms with E-state index in [9.17, 15) is 9.59 Å². The van der Waals surface area contributed by atoms with Crippen LogP contribution in [0.2, 0.25) is 0 Å². The molecule has 1 heterocycles. The van der Waals surface area contributed by atoms with Crippen molar-refractivity contribution < 1.29 is 0 Å². The van der Waals surface area contributed by atoms with E-state index in [1.807, 2.05) is 18.2 Å². The molecule has 2 rings (SSSR count). The molecule has 106 valence electrons. The molecule has 1 aromatic carbocycles. The van der Waals surface area contributed by atoms with E-state index >= 15 is 0 Å². The van der Waals surface area contributed by atoms with Gasteiger partial charge < -0.3 is 5.73 Å². The summed E-state index contributed by atoms with van der Waals surface area (Å²) in [6, 6.07) is 5.82. The lowest BCUT2D eigenvalue weighted by Gasteiger charge is -2.10. The average molecular weight is 357 g/mol. The van der Waals surface area contributed by atoms with E-state index in [0.717, 1.165) is 21.4 Å². The van der Waals surface area contributed by atoms with Gasteiger partial charge in [-0.15, -0.1) is 0 Å². The van der Waals surface area contributed by atoms with E-state index in [0.29, 0.717) is 11.7 Å². The van der Waals surface area contributed by atoms with E-state index < -0.39 is 11.1 Å². The number of benzene rings is 1. The number of hydrogen-bond donors (Lipinski definition) is 2. The van der Waals surface area contributed by atoms with E-state index in [-0.39, 0.29) is 0 Å². The van der Waals surface area contributed by atoms with Crippen molar-refractivity contribution in [2.24, 2.45) is 12.8 Å². The molecule has 20 heavy (non-hydrogen) atoms. The van der Waals surface area contributed by atoms with Gasteiger partial charge in [-0.05, 0) is 48.5 Å². The zero-order valence-electron chi connectivity index (χ0n) is 10.7. The second-order valence-corrected chi connectivity index (χ2v) is 6.02. The van der Waals surface area contributed by atoms with Crippen molar-refractivity contribution in [3.8, 4) is 0 Å². The van der Waals surface area contributed by atoms with Gasteiger partial charge >= 0.3 is 11.1 Å².